The summed E-state index contributed by atoms with van der Waals surface area (Å²) in [6, 6.07) is 6.80. The first-order valence-corrected chi connectivity index (χ1v) is 10.3. The van der Waals surface area contributed by atoms with Gasteiger partial charge in [0.2, 0.25) is 0 Å². The van der Waals surface area contributed by atoms with Crippen molar-refractivity contribution in [3.05, 3.63) is 76.9 Å². The molecule has 0 spiro atoms. The van der Waals surface area contributed by atoms with E-state index in [1.165, 1.54) is 30.5 Å². The summed E-state index contributed by atoms with van der Waals surface area (Å²) in [4.78, 5) is 33.3. The highest BCUT2D eigenvalue weighted by Gasteiger charge is 2.38. The number of hydrogen-bond acceptors (Lipinski definition) is 6. The molecule has 0 fully saturated rings. The molecule has 0 unspecified atom stereocenters. The van der Waals surface area contributed by atoms with Gasteiger partial charge >= 0.3 is 12.1 Å². The largest absolute Gasteiger partial charge is 0.490 e. The van der Waals surface area contributed by atoms with Gasteiger partial charge in [-0.15, -0.1) is 0 Å². The fourth-order valence-electron chi connectivity index (χ4n) is 3.16. The van der Waals surface area contributed by atoms with E-state index in [0.717, 1.165) is 5.56 Å². The highest BCUT2D eigenvalue weighted by atomic mass is 19.4. The zero-order chi connectivity index (χ0) is 27.5. The lowest BCUT2D eigenvalue weighted by atomic mass is 10.2. The van der Waals surface area contributed by atoms with Crippen LogP contribution in [0.25, 0.3) is 17.2 Å². The van der Waals surface area contributed by atoms with Crippen LogP contribution in [0, 0.1) is 25.5 Å². The third-order valence-electron chi connectivity index (χ3n) is 4.79. The topological polar surface area (TPSA) is 133 Å². The van der Waals surface area contributed by atoms with E-state index in [1.54, 1.807) is 17.4 Å². The number of amides is 1. The predicted octanol–water partition coefficient (Wildman–Crippen LogP) is 4.00. The number of carbonyl (C=O) groups is 2. The monoisotopic (exact) mass is 523 g/mol. The van der Waals surface area contributed by atoms with Crippen LogP contribution in [-0.2, 0) is 11.4 Å². The van der Waals surface area contributed by atoms with Crippen molar-refractivity contribution in [1.82, 2.24) is 19.4 Å². The number of halogens is 5. The number of fused-ring (bicyclic) bond motifs is 1. The Labute approximate surface area is 205 Å². The number of imidazole rings is 1. The summed E-state index contributed by atoms with van der Waals surface area (Å²) in [5.41, 5.74) is 7.62. The standard InChI is InChI=1S/C21H17F2N5O2.C2HF3O2/c1-11-8-17(30-10-13-14(22)4-3-5-15(13)23)21-26-12(2)18(28(21)9-11)20-25-7-6-16(27-20)19(24)29;3-2(4,5)1(6)7/h3-9H,10H2,1-2H3,(H2,24,29);(H,6,7). The second kappa shape index (κ2) is 10.6. The van der Waals surface area contributed by atoms with Crippen molar-refractivity contribution >= 4 is 17.5 Å². The molecular formula is C23H18F5N5O4. The molecule has 0 atom stereocenters. The second-order valence-electron chi connectivity index (χ2n) is 7.54. The third kappa shape index (κ3) is 6.15. The van der Waals surface area contributed by atoms with E-state index >= 15 is 0 Å². The van der Waals surface area contributed by atoms with Gasteiger partial charge in [0.15, 0.2) is 17.2 Å². The number of primary amides is 1. The molecule has 194 valence electrons. The summed E-state index contributed by atoms with van der Waals surface area (Å²) in [6.07, 6.45) is -1.84. The average molecular weight is 523 g/mol. The number of hydrogen-bond donors (Lipinski definition) is 2. The number of ether oxygens (including phenoxy) is 1. The number of aromatic nitrogens is 4. The Hall–Kier alpha value is -4.62. The number of carboxylic acid groups (broad SMARTS) is 1. The first kappa shape index (κ1) is 27.0. The van der Waals surface area contributed by atoms with Crippen LogP contribution in [0.2, 0.25) is 0 Å². The Kier molecular flexibility index (Phi) is 7.70. The number of nitrogens with zero attached hydrogens (tertiary/aromatic N) is 4. The second-order valence-corrected chi connectivity index (χ2v) is 7.54. The Balaban J connectivity index is 0.000000479. The van der Waals surface area contributed by atoms with Crippen LogP contribution in [0.4, 0.5) is 22.0 Å². The van der Waals surface area contributed by atoms with Crippen molar-refractivity contribution in [2.75, 3.05) is 0 Å². The lowest BCUT2D eigenvalue weighted by Crippen LogP contribution is -2.21. The van der Waals surface area contributed by atoms with Crippen molar-refractivity contribution in [2.24, 2.45) is 5.73 Å². The summed E-state index contributed by atoms with van der Waals surface area (Å²) in [7, 11) is 0. The first-order chi connectivity index (χ1) is 17.3. The molecule has 0 aliphatic rings. The van der Waals surface area contributed by atoms with Crippen molar-refractivity contribution in [2.45, 2.75) is 26.6 Å². The molecule has 4 aromatic rings. The van der Waals surface area contributed by atoms with Gasteiger partial charge in [0.05, 0.1) is 11.3 Å². The Morgan fingerprint density at radius 2 is 1.73 bits per heavy atom. The summed E-state index contributed by atoms with van der Waals surface area (Å²) >= 11 is 0. The summed E-state index contributed by atoms with van der Waals surface area (Å²) in [5, 5.41) is 7.12. The maximum atomic E-state index is 13.9. The number of benzene rings is 1. The molecule has 3 N–H and O–H groups in total. The number of aliphatic carboxylic acids is 1. The van der Waals surface area contributed by atoms with Gasteiger partial charge in [-0.05, 0) is 43.7 Å². The summed E-state index contributed by atoms with van der Waals surface area (Å²) in [5.74, 6) is -4.18. The Morgan fingerprint density at radius 3 is 2.30 bits per heavy atom. The number of alkyl halides is 3. The molecule has 0 bridgehead atoms. The van der Waals surface area contributed by atoms with Gasteiger partial charge in [-0.1, -0.05) is 6.07 Å². The average Bonchev–Trinajstić information content (AvgIpc) is 3.14. The van der Waals surface area contributed by atoms with Gasteiger partial charge in [0.1, 0.15) is 29.6 Å². The molecular weight excluding hydrogens is 505 g/mol. The van der Waals surface area contributed by atoms with Crippen LogP contribution in [0.3, 0.4) is 0 Å². The number of aryl methyl sites for hydroxylation is 2. The molecule has 0 aliphatic carbocycles. The molecule has 0 saturated carbocycles. The van der Waals surface area contributed by atoms with Gasteiger partial charge in [0, 0.05) is 12.4 Å². The number of nitrogens with two attached hydrogens (primary N) is 1. The SMILES string of the molecule is Cc1cc(OCc2c(F)cccc2F)c2nc(C)c(-c3nccc(C(N)=O)n3)n2c1.O=C(O)C(F)(F)F. The first-order valence-electron chi connectivity index (χ1n) is 10.3. The normalized spacial score (nSPS) is 11.1. The maximum absolute atomic E-state index is 13.9. The van der Waals surface area contributed by atoms with Gasteiger partial charge < -0.3 is 15.6 Å². The van der Waals surface area contributed by atoms with Gasteiger partial charge in [-0.3, -0.25) is 9.20 Å². The van der Waals surface area contributed by atoms with Crippen LogP contribution in [0.15, 0.2) is 42.7 Å². The molecule has 1 amide bonds. The molecule has 14 heteroatoms. The minimum absolute atomic E-state index is 0.0773. The minimum atomic E-state index is -5.08. The van der Waals surface area contributed by atoms with Crippen LogP contribution < -0.4 is 10.5 Å². The van der Waals surface area contributed by atoms with E-state index < -0.39 is 29.7 Å². The quantitative estimate of drug-likeness (QED) is 0.378. The number of pyridine rings is 1. The van der Waals surface area contributed by atoms with Crippen molar-refractivity contribution in [1.29, 1.82) is 0 Å². The molecule has 37 heavy (non-hydrogen) atoms. The van der Waals surface area contributed by atoms with Crippen LogP contribution >= 0.6 is 0 Å². The van der Waals surface area contributed by atoms with Crippen LogP contribution in [0.5, 0.6) is 5.75 Å². The van der Waals surface area contributed by atoms with E-state index in [-0.39, 0.29) is 23.7 Å². The zero-order valence-electron chi connectivity index (χ0n) is 19.2. The Bertz CT molecular complexity index is 1470. The van der Waals surface area contributed by atoms with E-state index in [0.29, 0.717) is 22.8 Å². The summed E-state index contributed by atoms with van der Waals surface area (Å²) in [6.45, 7) is 3.31. The van der Waals surface area contributed by atoms with Crippen molar-refractivity contribution in [3.8, 4) is 17.3 Å². The van der Waals surface area contributed by atoms with Gasteiger partial charge in [0.25, 0.3) is 5.91 Å². The highest BCUT2D eigenvalue weighted by Crippen LogP contribution is 2.29. The predicted molar refractivity (Wildman–Crippen MR) is 119 cm³/mol. The fourth-order valence-corrected chi connectivity index (χ4v) is 3.16. The lowest BCUT2D eigenvalue weighted by molar-refractivity contribution is -0.192. The third-order valence-corrected chi connectivity index (χ3v) is 4.79. The zero-order valence-corrected chi connectivity index (χ0v) is 19.2. The fraction of sp³-hybridized carbons (Fsp3) is 0.174. The Morgan fingerprint density at radius 1 is 1.11 bits per heavy atom. The minimum Gasteiger partial charge on any atom is -0.485 e. The van der Waals surface area contributed by atoms with Crippen LogP contribution in [-0.4, -0.2) is 42.5 Å². The van der Waals surface area contributed by atoms with Gasteiger partial charge in [-0.25, -0.2) is 28.5 Å². The number of rotatable bonds is 5. The van der Waals surface area contributed by atoms with Crippen LogP contribution in [0.1, 0.15) is 27.3 Å². The summed E-state index contributed by atoms with van der Waals surface area (Å²) < 4.78 is 67.1. The highest BCUT2D eigenvalue weighted by molar-refractivity contribution is 5.91. The number of carboxylic acids is 1. The maximum Gasteiger partial charge on any atom is 0.490 e. The molecule has 4 rings (SSSR count). The van der Waals surface area contributed by atoms with E-state index in [4.69, 9.17) is 20.4 Å². The van der Waals surface area contributed by atoms with E-state index in [1.807, 2.05) is 13.1 Å². The van der Waals surface area contributed by atoms with Crippen molar-refractivity contribution < 1.29 is 41.4 Å². The molecule has 9 nitrogen and oxygen atoms in total. The van der Waals surface area contributed by atoms with E-state index in [9.17, 15) is 26.7 Å². The molecule has 0 radical (unpaired) electrons. The van der Waals surface area contributed by atoms with Gasteiger partial charge in [-0.2, -0.15) is 13.2 Å². The van der Waals surface area contributed by atoms with Crippen molar-refractivity contribution in [3.63, 3.8) is 0 Å². The molecule has 0 aliphatic heterocycles. The molecule has 3 heterocycles. The smallest absolute Gasteiger partial charge is 0.485 e. The lowest BCUT2D eigenvalue weighted by Gasteiger charge is -2.11. The number of carbonyl (C=O) groups excluding carboxylic acids is 1. The molecule has 1 aromatic carbocycles. The van der Waals surface area contributed by atoms with E-state index in [2.05, 4.69) is 15.0 Å². The molecule has 3 aromatic heterocycles. The molecule has 0 saturated heterocycles.